The Balaban J connectivity index is 1.76. The molecule has 2 heterocycles. The first-order chi connectivity index (χ1) is 11.9. The average Bonchev–Trinajstić information content (AvgIpc) is 3.32. The number of benzene rings is 2. The molecule has 2 aromatic carbocycles. The van der Waals surface area contributed by atoms with Gasteiger partial charge in [-0.15, -0.1) is 11.3 Å². The number of amidine groups is 1. The number of thiophene rings is 1. The SMILES string of the molecule is COc1ccc(N2B(c3ccccc3)ON=C2c2cccs2)cc1. The van der Waals surface area contributed by atoms with Gasteiger partial charge in [-0.2, -0.15) is 0 Å². The van der Waals surface area contributed by atoms with Crippen LogP contribution in [0.5, 0.6) is 5.75 Å². The fourth-order valence-corrected chi connectivity index (χ4v) is 3.40. The van der Waals surface area contributed by atoms with Gasteiger partial charge in [0.15, 0.2) is 5.84 Å². The van der Waals surface area contributed by atoms with Gasteiger partial charge in [-0.1, -0.05) is 41.6 Å². The third-order valence-corrected chi connectivity index (χ3v) is 4.74. The summed E-state index contributed by atoms with van der Waals surface area (Å²) in [6, 6.07) is 22.1. The van der Waals surface area contributed by atoms with E-state index >= 15 is 0 Å². The minimum absolute atomic E-state index is 0.281. The van der Waals surface area contributed by atoms with E-state index in [-0.39, 0.29) is 7.05 Å². The first-order valence-corrected chi connectivity index (χ1v) is 8.51. The van der Waals surface area contributed by atoms with Gasteiger partial charge in [0.1, 0.15) is 5.75 Å². The monoisotopic (exact) mass is 334 g/mol. The van der Waals surface area contributed by atoms with Crippen molar-refractivity contribution < 1.29 is 9.49 Å². The molecule has 1 aromatic heterocycles. The lowest BCUT2D eigenvalue weighted by molar-refractivity contribution is 0.367. The maximum absolute atomic E-state index is 5.79. The van der Waals surface area contributed by atoms with Crippen molar-refractivity contribution >= 4 is 35.4 Å². The van der Waals surface area contributed by atoms with Gasteiger partial charge in [-0.25, -0.2) is 0 Å². The Labute approximate surface area is 145 Å². The number of hydrogen-bond donors (Lipinski definition) is 0. The van der Waals surface area contributed by atoms with E-state index in [1.54, 1.807) is 18.4 Å². The first-order valence-electron chi connectivity index (χ1n) is 7.63. The van der Waals surface area contributed by atoms with Crippen molar-refractivity contribution in [3.63, 3.8) is 0 Å². The maximum atomic E-state index is 5.79. The van der Waals surface area contributed by atoms with Gasteiger partial charge < -0.3 is 14.3 Å². The molecule has 0 amide bonds. The number of nitrogens with zero attached hydrogens (tertiary/aromatic N) is 2. The Morgan fingerprint density at radius 3 is 2.46 bits per heavy atom. The lowest BCUT2D eigenvalue weighted by Gasteiger charge is -2.22. The van der Waals surface area contributed by atoms with Crippen LogP contribution in [-0.4, -0.2) is 20.0 Å². The molecule has 0 aliphatic carbocycles. The van der Waals surface area contributed by atoms with Crippen molar-refractivity contribution in [2.45, 2.75) is 0 Å². The second-order valence-electron chi connectivity index (χ2n) is 5.33. The van der Waals surface area contributed by atoms with Crippen molar-refractivity contribution in [2.75, 3.05) is 11.9 Å². The van der Waals surface area contributed by atoms with Gasteiger partial charge in [0.25, 0.3) is 0 Å². The molecule has 1 aliphatic heterocycles. The highest BCUT2D eigenvalue weighted by Gasteiger charge is 2.40. The van der Waals surface area contributed by atoms with E-state index in [9.17, 15) is 0 Å². The molecular formula is C18H15BN2O2S. The van der Waals surface area contributed by atoms with Gasteiger partial charge in [0.05, 0.1) is 12.0 Å². The van der Waals surface area contributed by atoms with Crippen LogP contribution in [0.2, 0.25) is 0 Å². The van der Waals surface area contributed by atoms with Crippen LogP contribution in [0.4, 0.5) is 5.69 Å². The van der Waals surface area contributed by atoms with Crippen LogP contribution in [0.25, 0.3) is 0 Å². The molecule has 0 unspecified atom stereocenters. The number of anilines is 1. The average molecular weight is 334 g/mol. The molecule has 0 spiro atoms. The molecular weight excluding hydrogens is 319 g/mol. The quantitative estimate of drug-likeness (QED) is 0.686. The highest BCUT2D eigenvalue weighted by atomic mass is 32.1. The summed E-state index contributed by atoms with van der Waals surface area (Å²) in [6.45, 7) is 0. The van der Waals surface area contributed by atoms with Crippen molar-refractivity contribution in [1.29, 1.82) is 0 Å². The van der Waals surface area contributed by atoms with E-state index in [1.165, 1.54) is 0 Å². The van der Waals surface area contributed by atoms with Crippen LogP contribution in [0.15, 0.2) is 77.3 Å². The summed E-state index contributed by atoms with van der Waals surface area (Å²) in [6.07, 6.45) is 0. The minimum atomic E-state index is -0.281. The summed E-state index contributed by atoms with van der Waals surface area (Å²) >= 11 is 1.65. The number of methoxy groups -OCH3 is 1. The van der Waals surface area contributed by atoms with Gasteiger partial charge in [-0.05, 0) is 41.2 Å². The third kappa shape index (κ3) is 2.65. The molecule has 4 nitrogen and oxygen atoms in total. The number of ether oxygens (including phenoxy) is 1. The highest BCUT2D eigenvalue weighted by molar-refractivity contribution is 7.12. The second kappa shape index (κ2) is 6.41. The van der Waals surface area contributed by atoms with Crippen molar-refractivity contribution in [1.82, 2.24) is 0 Å². The lowest BCUT2D eigenvalue weighted by atomic mass is 9.71. The molecule has 0 saturated carbocycles. The fraction of sp³-hybridized carbons (Fsp3) is 0.0556. The molecule has 0 radical (unpaired) electrons. The topological polar surface area (TPSA) is 34.1 Å². The standard InChI is InChI=1S/C18H15BN2O2S/c1-22-16-11-9-15(10-12-16)21-18(17-8-5-13-24-17)20-23-19(21)14-6-3-2-4-7-14/h2-13H,1H3. The Morgan fingerprint density at radius 2 is 1.79 bits per heavy atom. The van der Waals surface area contributed by atoms with Crippen LogP contribution in [0.3, 0.4) is 0 Å². The van der Waals surface area contributed by atoms with E-state index in [1.807, 2.05) is 66.0 Å². The van der Waals surface area contributed by atoms with Crippen LogP contribution >= 0.6 is 11.3 Å². The minimum Gasteiger partial charge on any atom is -0.497 e. The summed E-state index contributed by atoms with van der Waals surface area (Å²) in [5, 5.41) is 6.40. The molecule has 1 aliphatic rings. The number of hydrogen-bond acceptors (Lipinski definition) is 5. The summed E-state index contributed by atoms with van der Waals surface area (Å²) in [7, 11) is 1.39. The zero-order chi connectivity index (χ0) is 16.4. The van der Waals surface area contributed by atoms with Gasteiger partial charge in [0.2, 0.25) is 0 Å². The van der Waals surface area contributed by atoms with Crippen LogP contribution in [-0.2, 0) is 4.76 Å². The van der Waals surface area contributed by atoms with Crippen LogP contribution in [0.1, 0.15) is 4.88 Å². The third-order valence-electron chi connectivity index (χ3n) is 3.88. The van der Waals surface area contributed by atoms with E-state index in [0.717, 1.165) is 27.6 Å². The summed E-state index contributed by atoms with van der Waals surface area (Å²) < 4.78 is 11.1. The molecule has 0 bridgehead atoms. The molecule has 0 fully saturated rings. The van der Waals surface area contributed by atoms with Crippen LogP contribution < -0.4 is 15.0 Å². The molecule has 0 N–H and O–H groups in total. The molecule has 3 aromatic rings. The zero-order valence-corrected chi connectivity index (χ0v) is 13.9. The number of oxime groups is 1. The molecule has 6 heteroatoms. The summed E-state index contributed by atoms with van der Waals surface area (Å²) in [5.74, 6) is 1.65. The summed E-state index contributed by atoms with van der Waals surface area (Å²) in [4.78, 5) is 3.19. The van der Waals surface area contributed by atoms with Gasteiger partial charge >= 0.3 is 7.05 Å². The smallest absolute Gasteiger partial charge is 0.497 e. The number of rotatable bonds is 4. The normalized spacial score (nSPS) is 13.6. The van der Waals surface area contributed by atoms with E-state index < -0.39 is 0 Å². The van der Waals surface area contributed by atoms with Crippen molar-refractivity contribution in [3.05, 3.63) is 77.0 Å². The van der Waals surface area contributed by atoms with Crippen LogP contribution in [0, 0.1) is 0 Å². The second-order valence-corrected chi connectivity index (χ2v) is 6.28. The summed E-state index contributed by atoms with van der Waals surface area (Å²) in [5.41, 5.74) is 2.07. The Bertz CT molecular complexity index is 835. The highest BCUT2D eigenvalue weighted by Crippen LogP contribution is 2.27. The lowest BCUT2D eigenvalue weighted by Crippen LogP contribution is -2.48. The largest absolute Gasteiger partial charge is 0.550 e. The van der Waals surface area contributed by atoms with Crippen molar-refractivity contribution in [2.24, 2.45) is 5.16 Å². The molecule has 0 atom stereocenters. The Kier molecular flexibility index (Phi) is 3.97. The fourth-order valence-electron chi connectivity index (χ4n) is 2.70. The maximum Gasteiger partial charge on any atom is 0.550 e. The van der Waals surface area contributed by atoms with Crippen molar-refractivity contribution in [3.8, 4) is 5.75 Å². The molecule has 118 valence electrons. The zero-order valence-electron chi connectivity index (χ0n) is 13.1. The van der Waals surface area contributed by atoms with E-state index in [4.69, 9.17) is 9.49 Å². The predicted octanol–water partition coefficient (Wildman–Crippen LogP) is 3.35. The van der Waals surface area contributed by atoms with Gasteiger partial charge in [-0.3, -0.25) is 0 Å². The van der Waals surface area contributed by atoms with E-state index in [0.29, 0.717) is 0 Å². The van der Waals surface area contributed by atoms with Gasteiger partial charge in [0, 0.05) is 5.69 Å². The molecule has 4 rings (SSSR count). The Morgan fingerprint density at radius 1 is 1.00 bits per heavy atom. The van der Waals surface area contributed by atoms with E-state index in [2.05, 4.69) is 16.0 Å². The predicted molar refractivity (Wildman–Crippen MR) is 99.2 cm³/mol. The Hall–Kier alpha value is -2.73. The first kappa shape index (κ1) is 14.8. The molecule has 0 saturated heterocycles. The molecule has 24 heavy (non-hydrogen) atoms.